The second-order valence-electron chi connectivity index (χ2n) is 3.17. The molecule has 1 aliphatic heterocycles. The van der Waals surface area contributed by atoms with Crippen molar-refractivity contribution in [3.63, 3.8) is 0 Å². The van der Waals surface area contributed by atoms with Crippen LogP contribution >= 0.6 is 0 Å². The van der Waals surface area contributed by atoms with E-state index < -0.39 is 0 Å². The molecule has 0 aliphatic carbocycles. The Morgan fingerprint density at radius 1 is 1.46 bits per heavy atom. The van der Waals surface area contributed by atoms with Crippen LogP contribution in [0.25, 0.3) is 6.08 Å². The number of anilines is 1. The number of nitrogens with one attached hydrogen (secondary N) is 1. The number of aryl methyl sites for hydroxylation is 1. The van der Waals surface area contributed by atoms with Gasteiger partial charge in [-0.05, 0) is 24.0 Å². The summed E-state index contributed by atoms with van der Waals surface area (Å²) >= 11 is 0. The first-order chi connectivity index (χ1) is 6.33. The highest BCUT2D eigenvalue weighted by Crippen LogP contribution is 2.19. The minimum atomic E-state index is 0.862. The SMILES string of the molecule is Cc1ccc2c(c1[B]O)C=CCN2. The molecular weight excluding hydrogens is 161 g/mol. The van der Waals surface area contributed by atoms with Crippen molar-refractivity contribution in [3.8, 4) is 0 Å². The van der Waals surface area contributed by atoms with E-state index in [2.05, 4.69) is 11.4 Å². The lowest BCUT2D eigenvalue weighted by Gasteiger charge is -2.17. The fourth-order valence-electron chi connectivity index (χ4n) is 1.60. The Morgan fingerprint density at radius 2 is 2.31 bits per heavy atom. The quantitative estimate of drug-likeness (QED) is 0.610. The lowest BCUT2D eigenvalue weighted by Crippen LogP contribution is -2.23. The summed E-state index contributed by atoms with van der Waals surface area (Å²) in [6.07, 6.45) is 4.09. The second kappa shape index (κ2) is 3.26. The van der Waals surface area contributed by atoms with Crippen LogP contribution in [-0.4, -0.2) is 19.1 Å². The maximum absolute atomic E-state index is 9.09. The Balaban J connectivity index is 2.61. The molecular formula is C10H11BNO. The van der Waals surface area contributed by atoms with Crippen LogP contribution in [0.15, 0.2) is 18.2 Å². The number of rotatable bonds is 1. The molecule has 1 aromatic carbocycles. The van der Waals surface area contributed by atoms with E-state index in [4.69, 9.17) is 5.02 Å². The minimum absolute atomic E-state index is 0.862. The van der Waals surface area contributed by atoms with Gasteiger partial charge >= 0.3 is 7.48 Å². The van der Waals surface area contributed by atoms with Gasteiger partial charge in [-0.1, -0.05) is 23.8 Å². The Kier molecular flexibility index (Phi) is 2.11. The maximum Gasteiger partial charge on any atom is 0.327 e. The summed E-state index contributed by atoms with van der Waals surface area (Å²) in [4.78, 5) is 0. The predicted octanol–water partition coefficient (Wildman–Crippen LogP) is 0.671. The first-order valence-corrected chi connectivity index (χ1v) is 4.34. The van der Waals surface area contributed by atoms with E-state index in [0.717, 1.165) is 28.8 Å². The zero-order chi connectivity index (χ0) is 9.26. The fraction of sp³-hybridized carbons (Fsp3) is 0.200. The summed E-state index contributed by atoms with van der Waals surface area (Å²) in [5.41, 5.74) is 4.16. The number of fused-ring (bicyclic) bond motifs is 1. The monoisotopic (exact) mass is 172 g/mol. The Labute approximate surface area is 78.6 Å². The highest BCUT2D eigenvalue weighted by Gasteiger charge is 2.10. The molecule has 0 fully saturated rings. The van der Waals surface area contributed by atoms with Crippen molar-refractivity contribution in [1.29, 1.82) is 0 Å². The number of benzene rings is 1. The van der Waals surface area contributed by atoms with Crippen LogP contribution in [0.4, 0.5) is 5.69 Å². The molecule has 0 amide bonds. The molecule has 0 unspecified atom stereocenters. The molecule has 0 spiro atoms. The van der Waals surface area contributed by atoms with Gasteiger partial charge < -0.3 is 10.3 Å². The standard InChI is InChI=1S/C10H11BNO/c1-7-4-5-9-8(10(7)11-13)3-2-6-12-9/h2-5,12-13H,6H2,1H3. The van der Waals surface area contributed by atoms with Crippen molar-refractivity contribution >= 4 is 24.7 Å². The molecule has 1 heterocycles. The molecule has 2 N–H and O–H groups in total. The van der Waals surface area contributed by atoms with Gasteiger partial charge in [0.05, 0.1) is 0 Å². The maximum atomic E-state index is 9.09. The summed E-state index contributed by atoms with van der Waals surface area (Å²) in [5, 5.41) is 12.3. The molecule has 0 atom stereocenters. The topological polar surface area (TPSA) is 32.3 Å². The third-order valence-corrected chi connectivity index (χ3v) is 2.33. The third-order valence-electron chi connectivity index (χ3n) is 2.33. The van der Waals surface area contributed by atoms with Gasteiger partial charge in [0, 0.05) is 12.2 Å². The second-order valence-corrected chi connectivity index (χ2v) is 3.17. The highest BCUT2D eigenvalue weighted by atomic mass is 16.2. The first-order valence-electron chi connectivity index (χ1n) is 4.34. The van der Waals surface area contributed by atoms with Gasteiger partial charge in [-0.2, -0.15) is 0 Å². The third kappa shape index (κ3) is 1.35. The molecule has 0 aromatic heterocycles. The van der Waals surface area contributed by atoms with Gasteiger partial charge in [0.2, 0.25) is 0 Å². The average Bonchev–Trinajstić information content (AvgIpc) is 2.18. The zero-order valence-corrected chi connectivity index (χ0v) is 7.54. The van der Waals surface area contributed by atoms with E-state index in [0.29, 0.717) is 0 Å². The molecule has 3 heteroatoms. The molecule has 0 saturated carbocycles. The van der Waals surface area contributed by atoms with Crippen LogP contribution in [0, 0.1) is 6.92 Å². The van der Waals surface area contributed by atoms with Gasteiger partial charge in [-0.3, -0.25) is 0 Å². The molecule has 13 heavy (non-hydrogen) atoms. The molecule has 1 aromatic rings. The van der Waals surface area contributed by atoms with Gasteiger partial charge in [-0.15, -0.1) is 0 Å². The lowest BCUT2D eigenvalue weighted by molar-refractivity contribution is 0.615. The van der Waals surface area contributed by atoms with Crippen LogP contribution in [0.2, 0.25) is 0 Å². The van der Waals surface area contributed by atoms with Crippen molar-refractivity contribution in [2.45, 2.75) is 6.92 Å². The normalized spacial score (nSPS) is 13.4. The van der Waals surface area contributed by atoms with Gasteiger partial charge in [-0.25, -0.2) is 0 Å². The van der Waals surface area contributed by atoms with E-state index in [9.17, 15) is 0 Å². The Bertz CT molecular complexity index is 360. The average molecular weight is 172 g/mol. The van der Waals surface area contributed by atoms with Gasteiger partial charge in [0.25, 0.3) is 0 Å². The largest absolute Gasteiger partial charge is 0.450 e. The molecule has 1 radical (unpaired) electrons. The molecule has 0 bridgehead atoms. The Morgan fingerprint density at radius 3 is 3.08 bits per heavy atom. The first kappa shape index (κ1) is 8.39. The van der Waals surface area contributed by atoms with Crippen molar-refractivity contribution in [1.82, 2.24) is 0 Å². The Hall–Kier alpha value is -1.22. The minimum Gasteiger partial charge on any atom is -0.450 e. The van der Waals surface area contributed by atoms with E-state index in [1.54, 1.807) is 0 Å². The van der Waals surface area contributed by atoms with Crippen LogP contribution in [0.3, 0.4) is 0 Å². The highest BCUT2D eigenvalue weighted by molar-refractivity contribution is 6.48. The summed E-state index contributed by atoms with van der Waals surface area (Å²) in [6.45, 7) is 2.85. The van der Waals surface area contributed by atoms with E-state index in [1.807, 2.05) is 25.1 Å². The van der Waals surface area contributed by atoms with Crippen LogP contribution in [0.5, 0.6) is 0 Å². The fourth-order valence-corrected chi connectivity index (χ4v) is 1.60. The lowest BCUT2D eigenvalue weighted by atomic mass is 9.79. The molecule has 1 aliphatic rings. The van der Waals surface area contributed by atoms with Crippen molar-refractivity contribution in [3.05, 3.63) is 29.3 Å². The summed E-state index contributed by atoms with van der Waals surface area (Å²) < 4.78 is 0. The van der Waals surface area contributed by atoms with E-state index in [-0.39, 0.29) is 0 Å². The van der Waals surface area contributed by atoms with Crippen LogP contribution in [-0.2, 0) is 0 Å². The zero-order valence-electron chi connectivity index (χ0n) is 7.54. The van der Waals surface area contributed by atoms with Crippen LogP contribution < -0.4 is 10.8 Å². The molecule has 0 saturated heterocycles. The number of hydrogen-bond donors (Lipinski definition) is 2. The van der Waals surface area contributed by atoms with Gasteiger partial charge in [0.15, 0.2) is 0 Å². The van der Waals surface area contributed by atoms with Crippen molar-refractivity contribution < 1.29 is 5.02 Å². The summed E-state index contributed by atoms with van der Waals surface area (Å²) in [7, 11) is 1.17. The van der Waals surface area contributed by atoms with Crippen molar-refractivity contribution in [2.75, 3.05) is 11.9 Å². The molecule has 2 rings (SSSR count). The van der Waals surface area contributed by atoms with Gasteiger partial charge in [0.1, 0.15) is 0 Å². The molecule has 2 nitrogen and oxygen atoms in total. The van der Waals surface area contributed by atoms with Crippen LogP contribution in [0.1, 0.15) is 11.1 Å². The van der Waals surface area contributed by atoms with E-state index >= 15 is 0 Å². The smallest absolute Gasteiger partial charge is 0.327 e. The summed E-state index contributed by atoms with van der Waals surface area (Å²) in [5.74, 6) is 0. The molecule has 65 valence electrons. The van der Waals surface area contributed by atoms with E-state index in [1.165, 1.54) is 7.48 Å². The summed E-state index contributed by atoms with van der Waals surface area (Å²) in [6, 6.07) is 4.05. The number of hydrogen-bond acceptors (Lipinski definition) is 2. The van der Waals surface area contributed by atoms with Crippen molar-refractivity contribution in [2.24, 2.45) is 0 Å². The predicted molar refractivity (Wildman–Crippen MR) is 56.3 cm³/mol.